The molecule has 0 heterocycles. The van der Waals surface area contributed by atoms with Gasteiger partial charge in [-0.3, -0.25) is 4.79 Å². The first kappa shape index (κ1) is 25.5. The highest BCUT2D eigenvalue weighted by Gasteiger charge is 2.70. The van der Waals surface area contributed by atoms with Crippen molar-refractivity contribution in [3.05, 3.63) is 0 Å². The van der Waals surface area contributed by atoms with Crippen LogP contribution in [0.1, 0.15) is 126 Å². The van der Waals surface area contributed by atoms with Crippen molar-refractivity contribution in [1.82, 2.24) is 0 Å². The number of carboxylic acids is 1. The highest BCUT2D eigenvalue weighted by molar-refractivity contribution is 5.66. The normalized spacial score (nSPS) is 52.2. The van der Waals surface area contributed by atoms with E-state index in [1.165, 1.54) is 51.4 Å². The minimum atomic E-state index is -0.696. The van der Waals surface area contributed by atoms with Gasteiger partial charge in [-0.15, -0.1) is 0 Å². The molecule has 4 aliphatic carbocycles. The molecule has 190 valence electrons. The van der Waals surface area contributed by atoms with E-state index >= 15 is 0 Å². The number of aliphatic hydroxyl groups excluding tert-OH is 1. The van der Waals surface area contributed by atoms with Crippen molar-refractivity contribution in [1.29, 1.82) is 0 Å². The van der Waals surface area contributed by atoms with Crippen LogP contribution >= 0.6 is 0 Å². The first-order valence-corrected chi connectivity index (χ1v) is 13.9. The van der Waals surface area contributed by atoms with E-state index < -0.39 is 12.1 Å². The highest BCUT2D eigenvalue weighted by atomic mass is 16.4. The smallest absolute Gasteiger partial charge is 0.303 e. The van der Waals surface area contributed by atoms with Crippen molar-refractivity contribution < 1.29 is 15.0 Å². The predicted molar refractivity (Wildman–Crippen MR) is 135 cm³/mol. The summed E-state index contributed by atoms with van der Waals surface area (Å²) < 4.78 is 0. The van der Waals surface area contributed by atoms with Gasteiger partial charge in [-0.2, -0.15) is 0 Å². The molecule has 4 fully saturated rings. The Hall–Kier alpha value is -0.570. The molecule has 0 aromatic carbocycles. The first-order chi connectivity index (χ1) is 15.0. The van der Waals surface area contributed by atoms with Crippen LogP contribution in [0.4, 0.5) is 0 Å². The second kappa shape index (κ2) is 7.71. The van der Waals surface area contributed by atoms with Crippen LogP contribution in [-0.2, 0) is 4.79 Å². The summed E-state index contributed by atoms with van der Waals surface area (Å²) in [6.45, 7) is 19.6. The Bertz CT molecular complexity index is 787. The second-order valence-corrected chi connectivity index (χ2v) is 15.2. The standard InChI is InChI=1S/C30H52O3/c1-20(31)27(5)12-11-22-28(6,21(27)9-10-24(32)33)16-18-30(8)23-19-25(2,3)13-14-26(23,4)15-17-29(22,30)7/h20-23,31H,9-19H2,1-8H3,(H,32,33)/t20-,21?,22?,23?,26-,27-,28+,29-,30+/m1/s1. The van der Waals surface area contributed by atoms with E-state index in [1.807, 2.05) is 6.92 Å². The van der Waals surface area contributed by atoms with Gasteiger partial charge in [-0.05, 0) is 121 Å². The van der Waals surface area contributed by atoms with Crippen LogP contribution in [0.5, 0.6) is 0 Å². The average molecular weight is 461 g/mol. The number of aliphatic hydroxyl groups is 1. The average Bonchev–Trinajstić information content (AvgIpc) is 2.70. The van der Waals surface area contributed by atoms with E-state index in [-0.39, 0.29) is 23.2 Å². The van der Waals surface area contributed by atoms with Crippen LogP contribution in [0, 0.1) is 50.2 Å². The molecule has 4 aliphatic rings. The molecule has 4 rings (SSSR count). The molecule has 3 heteroatoms. The van der Waals surface area contributed by atoms with Crippen molar-refractivity contribution in [2.45, 2.75) is 132 Å². The van der Waals surface area contributed by atoms with Gasteiger partial charge in [0.15, 0.2) is 0 Å². The molecule has 0 aliphatic heterocycles. The van der Waals surface area contributed by atoms with Gasteiger partial charge < -0.3 is 10.2 Å². The lowest BCUT2D eigenvalue weighted by Gasteiger charge is -2.74. The lowest BCUT2D eigenvalue weighted by molar-refractivity contribution is -0.257. The fourth-order valence-corrected chi connectivity index (χ4v) is 10.6. The summed E-state index contributed by atoms with van der Waals surface area (Å²) in [4.78, 5) is 11.6. The number of fused-ring (bicyclic) bond motifs is 5. The number of hydrogen-bond acceptors (Lipinski definition) is 2. The van der Waals surface area contributed by atoms with Crippen molar-refractivity contribution in [2.24, 2.45) is 50.2 Å². The number of aliphatic carboxylic acids is 1. The SMILES string of the molecule is C[C@@H](O)[C@@]1(C)CCC2[C@@](C)(CC[C@@]3(C)C4CC(C)(C)CC[C@]4(C)CC[C@]23C)C1CCC(=O)O. The lowest BCUT2D eigenvalue weighted by Crippen LogP contribution is -2.67. The summed E-state index contributed by atoms with van der Waals surface area (Å²) in [6, 6.07) is 0. The van der Waals surface area contributed by atoms with Crippen LogP contribution < -0.4 is 0 Å². The summed E-state index contributed by atoms with van der Waals surface area (Å²) in [5, 5.41) is 20.5. The molecule has 9 atom stereocenters. The van der Waals surface area contributed by atoms with Gasteiger partial charge >= 0.3 is 5.97 Å². The van der Waals surface area contributed by atoms with Gasteiger partial charge in [0.1, 0.15) is 0 Å². The van der Waals surface area contributed by atoms with Crippen LogP contribution in [0.15, 0.2) is 0 Å². The molecule has 0 aromatic heterocycles. The van der Waals surface area contributed by atoms with Gasteiger partial charge in [0.25, 0.3) is 0 Å². The minimum Gasteiger partial charge on any atom is -0.481 e. The van der Waals surface area contributed by atoms with E-state index in [2.05, 4.69) is 48.5 Å². The third kappa shape index (κ3) is 3.56. The van der Waals surface area contributed by atoms with E-state index in [9.17, 15) is 15.0 Å². The van der Waals surface area contributed by atoms with Crippen LogP contribution in [0.25, 0.3) is 0 Å². The van der Waals surface area contributed by atoms with Crippen LogP contribution in [0.2, 0.25) is 0 Å². The lowest BCUT2D eigenvalue weighted by atomic mass is 9.30. The van der Waals surface area contributed by atoms with E-state index in [1.54, 1.807) is 0 Å². The Kier molecular flexibility index (Phi) is 5.96. The topological polar surface area (TPSA) is 57.5 Å². The summed E-state index contributed by atoms with van der Waals surface area (Å²) >= 11 is 0. The van der Waals surface area contributed by atoms with Crippen molar-refractivity contribution in [2.75, 3.05) is 0 Å². The maximum atomic E-state index is 11.6. The summed E-state index contributed by atoms with van der Waals surface area (Å²) in [5.74, 6) is 0.958. The van der Waals surface area contributed by atoms with Crippen LogP contribution in [0.3, 0.4) is 0 Å². The minimum absolute atomic E-state index is 0.103. The maximum absolute atomic E-state index is 11.6. The Labute approximate surface area is 203 Å². The van der Waals surface area contributed by atoms with E-state index in [0.717, 1.165) is 12.3 Å². The van der Waals surface area contributed by atoms with Gasteiger partial charge in [0, 0.05) is 6.42 Å². The summed E-state index contributed by atoms with van der Waals surface area (Å²) in [7, 11) is 0. The molecule has 3 unspecified atom stereocenters. The van der Waals surface area contributed by atoms with Gasteiger partial charge in [0.2, 0.25) is 0 Å². The molecule has 33 heavy (non-hydrogen) atoms. The Morgan fingerprint density at radius 3 is 2.03 bits per heavy atom. The zero-order valence-electron chi connectivity index (χ0n) is 22.9. The number of carbonyl (C=O) groups is 1. The molecule has 2 N–H and O–H groups in total. The Morgan fingerprint density at radius 1 is 0.848 bits per heavy atom. The van der Waals surface area contributed by atoms with Crippen molar-refractivity contribution in [3.63, 3.8) is 0 Å². The largest absolute Gasteiger partial charge is 0.481 e. The summed E-state index contributed by atoms with van der Waals surface area (Å²) in [6.07, 6.45) is 11.9. The molecular formula is C30H52O3. The van der Waals surface area contributed by atoms with Crippen molar-refractivity contribution in [3.8, 4) is 0 Å². The van der Waals surface area contributed by atoms with E-state index in [0.29, 0.717) is 34.0 Å². The zero-order valence-corrected chi connectivity index (χ0v) is 22.9. The third-order valence-electron chi connectivity index (χ3n) is 13.2. The molecular weight excluding hydrogens is 408 g/mol. The fourth-order valence-electron chi connectivity index (χ4n) is 10.6. The molecule has 0 radical (unpaired) electrons. The molecule has 0 bridgehead atoms. The molecule has 0 spiro atoms. The monoisotopic (exact) mass is 460 g/mol. The first-order valence-electron chi connectivity index (χ1n) is 13.9. The predicted octanol–water partition coefficient (Wildman–Crippen LogP) is 7.70. The van der Waals surface area contributed by atoms with Crippen molar-refractivity contribution >= 4 is 5.97 Å². The number of rotatable bonds is 4. The van der Waals surface area contributed by atoms with E-state index in [4.69, 9.17) is 0 Å². The fraction of sp³-hybridized carbons (Fsp3) is 0.967. The highest BCUT2D eigenvalue weighted by Crippen LogP contribution is 2.77. The van der Waals surface area contributed by atoms with Crippen LogP contribution in [-0.4, -0.2) is 22.3 Å². The molecule has 0 aromatic rings. The molecule has 0 amide bonds. The molecule has 0 saturated heterocycles. The van der Waals surface area contributed by atoms with Gasteiger partial charge in [0.05, 0.1) is 6.10 Å². The molecule has 3 nitrogen and oxygen atoms in total. The zero-order chi connectivity index (χ0) is 24.7. The third-order valence-corrected chi connectivity index (χ3v) is 13.2. The maximum Gasteiger partial charge on any atom is 0.303 e. The number of hydrogen-bond donors (Lipinski definition) is 2. The quantitative estimate of drug-likeness (QED) is 0.452. The number of carboxylic acid groups (broad SMARTS) is 1. The Balaban J connectivity index is 1.75. The second-order valence-electron chi connectivity index (χ2n) is 15.2. The summed E-state index contributed by atoms with van der Waals surface area (Å²) in [5.41, 5.74) is 1.46. The van der Waals surface area contributed by atoms with Gasteiger partial charge in [-0.25, -0.2) is 0 Å². The Morgan fingerprint density at radius 2 is 1.42 bits per heavy atom. The van der Waals surface area contributed by atoms with Gasteiger partial charge in [-0.1, -0.05) is 48.5 Å². The molecule has 4 saturated carbocycles.